The third-order valence-electron chi connectivity index (χ3n) is 5.82. The molecule has 4 rings (SSSR count). The molecule has 1 aromatic carbocycles. The fourth-order valence-electron chi connectivity index (χ4n) is 4.08. The van der Waals surface area contributed by atoms with E-state index in [1.165, 1.54) is 16.6 Å². The van der Waals surface area contributed by atoms with Crippen LogP contribution in [0.2, 0.25) is 0 Å². The second-order valence-corrected chi connectivity index (χ2v) is 10.3. The molecule has 170 valence electrons. The zero-order chi connectivity index (χ0) is 23.0. The van der Waals surface area contributed by atoms with Gasteiger partial charge in [0.2, 0.25) is 16.0 Å². The van der Waals surface area contributed by atoms with Crippen LogP contribution < -0.4 is 11.1 Å². The summed E-state index contributed by atoms with van der Waals surface area (Å²) in [5.74, 6) is 0.00295. The van der Waals surface area contributed by atoms with Crippen molar-refractivity contribution < 1.29 is 12.8 Å². The van der Waals surface area contributed by atoms with Crippen LogP contribution in [0, 0.1) is 12.7 Å². The number of nitrogens with zero attached hydrogens (tertiary/aromatic N) is 4. The lowest BCUT2D eigenvalue weighted by Gasteiger charge is -2.30. The number of sulfonamides is 1. The number of hydrogen-bond acceptors (Lipinski definition) is 7. The van der Waals surface area contributed by atoms with Gasteiger partial charge in [0.05, 0.1) is 11.9 Å². The molecule has 0 aliphatic carbocycles. The number of halogens is 1. The molecule has 8 nitrogen and oxygen atoms in total. The van der Waals surface area contributed by atoms with E-state index in [9.17, 15) is 12.8 Å². The third-order valence-corrected chi connectivity index (χ3v) is 7.13. The Morgan fingerprint density at radius 3 is 2.62 bits per heavy atom. The molecule has 2 aromatic heterocycles. The number of piperidine rings is 1. The van der Waals surface area contributed by atoms with Crippen molar-refractivity contribution in [1.82, 2.24) is 19.3 Å². The molecule has 0 radical (unpaired) electrons. The van der Waals surface area contributed by atoms with Gasteiger partial charge in [-0.3, -0.25) is 4.98 Å². The molecule has 1 aliphatic rings. The summed E-state index contributed by atoms with van der Waals surface area (Å²) in [5, 5.41) is 3.97. The maximum absolute atomic E-state index is 14.9. The Kier molecular flexibility index (Phi) is 6.11. The van der Waals surface area contributed by atoms with Crippen LogP contribution in [0.3, 0.4) is 0 Å². The standard InChI is InChI=1S/C22H27FN6O2S/c1-13-12-26-22(27-16-5-8-29(9-6-16)32(3,30)31)28-20(13)15-10-18-17(14(2)24)4-7-25-21(18)19(23)11-15/h4,7,10-12,14,16H,5-6,8-9,24H2,1-3H3,(H,26,27,28). The molecule has 0 amide bonds. The predicted molar refractivity (Wildman–Crippen MR) is 123 cm³/mol. The van der Waals surface area contributed by atoms with E-state index in [0.717, 1.165) is 11.1 Å². The number of pyridine rings is 1. The lowest BCUT2D eigenvalue weighted by atomic mass is 9.99. The molecule has 0 spiro atoms. The molecule has 3 aromatic rings. The number of nitrogens with one attached hydrogen (secondary N) is 1. The predicted octanol–water partition coefficient (Wildman–Crippen LogP) is 2.99. The molecule has 3 N–H and O–H groups in total. The number of aromatic nitrogens is 3. The Labute approximate surface area is 187 Å². The number of hydrogen-bond donors (Lipinski definition) is 2. The van der Waals surface area contributed by atoms with Gasteiger partial charge >= 0.3 is 0 Å². The number of aryl methyl sites for hydroxylation is 1. The summed E-state index contributed by atoms with van der Waals surface area (Å²) in [5.41, 5.74) is 9.25. The molecule has 0 saturated carbocycles. The molecule has 32 heavy (non-hydrogen) atoms. The largest absolute Gasteiger partial charge is 0.351 e. The van der Waals surface area contributed by atoms with Crippen LogP contribution in [0.25, 0.3) is 22.2 Å². The average Bonchev–Trinajstić information content (AvgIpc) is 2.74. The lowest BCUT2D eigenvalue weighted by Crippen LogP contribution is -2.42. The Hall–Kier alpha value is -2.69. The summed E-state index contributed by atoms with van der Waals surface area (Å²) in [6.07, 6.45) is 5.82. The molecule has 1 saturated heterocycles. The summed E-state index contributed by atoms with van der Waals surface area (Å²) in [7, 11) is -3.18. The van der Waals surface area contributed by atoms with E-state index >= 15 is 0 Å². The van der Waals surface area contributed by atoms with Crippen molar-refractivity contribution in [2.24, 2.45) is 5.73 Å². The molecule has 1 atom stereocenters. The van der Waals surface area contributed by atoms with Crippen molar-refractivity contribution in [2.75, 3.05) is 24.7 Å². The van der Waals surface area contributed by atoms with Crippen LogP contribution in [-0.2, 0) is 10.0 Å². The Balaban J connectivity index is 1.64. The smallest absolute Gasteiger partial charge is 0.223 e. The van der Waals surface area contributed by atoms with Gasteiger partial charge in [-0.25, -0.2) is 27.1 Å². The summed E-state index contributed by atoms with van der Waals surface area (Å²) in [6.45, 7) is 4.64. The Morgan fingerprint density at radius 1 is 1.25 bits per heavy atom. The highest BCUT2D eigenvalue weighted by molar-refractivity contribution is 7.88. The van der Waals surface area contributed by atoms with Gasteiger partial charge in [-0.1, -0.05) is 0 Å². The van der Waals surface area contributed by atoms with Crippen LogP contribution in [0.5, 0.6) is 0 Å². The highest BCUT2D eigenvalue weighted by atomic mass is 32.2. The molecule has 3 heterocycles. The van der Waals surface area contributed by atoms with Gasteiger partial charge in [-0.2, -0.15) is 0 Å². The van der Waals surface area contributed by atoms with Gasteiger partial charge < -0.3 is 11.1 Å². The zero-order valence-corrected chi connectivity index (χ0v) is 19.2. The molecule has 1 unspecified atom stereocenters. The van der Waals surface area contributed by atoms with Crippen LogP contribution in [-0.4, -0.2) is 53.1 Å². The zero-order valence-electron chi connectivity index (χ0n) is 18.3. The molecule has 1 aliphatic heterocycles. The average molecular weight is 459 g/mol. The lowest BCUT2D eigenvalue weighted by molar-refractivity contribution is 0.331. The molecule has 10 heteroatoms. The van der Waals surface area contributed by atoms with E-state index in [4.69, 9.17) is 5.73 Å². The van der Waals surface area contributed by atoms with E-state index in [1.54, 1.807) is 18.5 Å². The molecule has 0 bridgehead atoms. The fraction of sp³-hybridized carbons (Fsp3) is 0.409. The summed E-state index contributed by atoms with van der Waals surface area (Å²) >= 11 is 0. The second kappa shape index (κ2) is 8.68. The fourth-order valence-corrected chi connectivity index (χ4v) is 4.96. The van der Waals surface area contributed by atoms with Crippen LogP contribution >= 0.6 is 0 Å². The van der Waals surface area contributed by atoms with Gasteiger partial charge in [0, 0.05) is 48.5 Å². The van der Waals surface area contributed by atoms with E-state index in [1.807, 2.05) is 19.9 Å². The van der Waals surface area contributed by atoms with Crippen molar-refractivity contribution >= 4 is 26.9 Å². The number of anilines is 1. The van der Waals surface area contributed by atoms with E-state index in [0.29, 0.717) is 48.5 Å². The summed E-state index contributed by atoms with van der Waals surface area (Å²) in [4.78, 5) is 13.2. The number of fused-ring (bicyclic) bond motifs is 1. The monoisotopic (exact) mass is 458 g/mol. The van der Waals surface area contributed by atoms with Crippen LogP contribution in [0.15, 0.2) is 30.6 Å². The number of benzene rings is 1. The maximum atomic E-state index is 14.9. The Morgan fingerprint density at radius 2 is 1.97 bits per heavy atom. The van der Waals surface area contributed by atoms with Crippen molar-refractivity contribution in [3.8, 4) is 11.3 Å². The minimum absolute atomic E-state index is 0.0609. The minimum atomic E-state index is -3.18. The molecule has 1 fully saturated rings. The molecular formula is C22H27FN6O2S. The second-order valence-electron chi connectivity index (χ2n) is 8.35. The van der Waals surface area contributed by atoms with Gasteiger partial charge in [0.15, 0.2) is 0 Å². The summed E-state index contributed by atoms with van der Waals surface area (Å²) in [6, 6.07) is 4.90. The van der Waals surface area contributed by atoms with Crippen molar-refractivity contribution in [2.45, 2.75) is 38.8 Å². The topological polar surface area (TPSA) is 114 Å². The minimum Gasteiger partial charge on any atom is -0.351 e. The number of nitrogens with two attached hydrogens (primary N) is 1. The number of rotatable bonds is 5. The van der Waals surface area contributed by atoms with Gasteiger partial charge in [-0.15, -0.1) is 0 Å². The van der Waals surface area contributed by atoms with Gasteiger partial charge in [0.1, 0.15) is 11.3 Å². The summed E-state index contributed by atoms with van der Waals surface area (Å²) < 4.78 is 39.8. The highest BCUT2D eigenvalue weighted by Gasteiger charge is 2.25. The molecular weight excluding hydrogens is 431 g/mol. The first-order valence-electron chi connectivity index (χ1n) is 10.5. The van der Waals surface area contributed by atoms with Crippen LogP contribution in [0.4, 0.5) is 10.3 Å². The van der Waals surface area contributed by atoms with Gasteiger partial charge in [0.25, 0.3) is 0 Å². The first-order chi connectivity index (χ1) is 15.1. The quantitative estimate of drug-likeness (QED) is 0.604. The van der Waals surface area contributed by atoms with Crippen molar-refractivity contribution in [1.29, 1.82) is 0 Å². The normalized spacial score (nSPS) is 16.9. The van der Waals surface area contributed by atoms with E-state index in [-0.39, 0.29) is 17.6 Å². The van der Waals surface area contributed by atoms with E-state index < -0.39 is 15.8 Å². The first-order valence-corrected chi connectivity index (χ1v) is 12.4. The van der Waals surface area contributed by atoms with Crippen molar-refractivity contribution in [3.63, 3.8) is 0 Å². The van der Waals surface area contributed by atoms with Gasteiger partial charge in [-0.05, 0) is 56.0 Å². The van der Waals surface area contributed by atoms with Crippen molar-refractivity contribution in [3.05, 3.63) is 47.5 Å². The highest BCUT2D eigenvalue weighted by Crippen LogP contribution is 2.31. The SMILES string of the molecule is Cc1cnc(NC2CCN(S(C)(=O)=O)CC2)nc1-c1cc(F)c2nccc(C(C)N)c2c1. The third kappa shape index (κ3) is 4.57. The first kappa shape index (κ1) is 22.5. The van der Waals surface area contributed by atoms with E-state index in [2.05, 4.69) is 20.3 Å². The van der Waals surface area contributed by atoms with Crippen LogP contribution in [0.1, 0.15) is 36.9 Å². The maximum Gasteiger partial charge on any atom is 0.223 e. The Bertz CT molecular complexity index is 1260.